The molecule has 1 amide bonds. The highest BCUT2D eigenvalue weighted by Crippen LogP contribution is 2.34. The standard InChI is InChI=1S/C16H22N2O4/c1-4-21-9-10-22-14(19)11-18-13-8-6-5-7-12(13)17-16(2,3)15(18)20/h5-8,17H,4,9-11H2,1-3H3. The summed E-state index contributed by atoms with van der Waals surface area (Å²) < 4.78 is 10.2. The fraction of sp³-hybridized carbons (Fsp3) is 0.500. The lowest BCUT2D eigenvalue weighted by Gasteiger charge is -2.39. The zero-order valence-corrected chi connectivity index (χ0v) is 13.2. The molecule has 2 rings (SSSR count). The second-order valence-corrected chi connectivity index (χ2v) is 5.58. The zero-order chi connectivity index (χ0) is 16.2. The SMILES string of the molecule is CCOCCOC(=O)CN1C(=O)C(C)(C)Nc2ccccc21. The van der Waals surface area contributed by atoms with E-state index in [0.29, 0.717) is 18.9 Å². The molecule has 0 aromatic heterocycles. The van der Waals surface area contributed by atoms with Crippen LogP contribution in [0.3, 0.4) is 0 Å². The summed E-state index contributed by atoms with van der Waals surface area (Å²) in [6, 6.07) is 7.41. The highest BCUT2D eigenvalue weighted by molar-refractivity contribution is 6.09. The maximum Gasteiger partial charge on any atom is 0.326 e. The molecule has 6 heteroatoms. The summed E-state index contributed by atoms with van der Waals surface area (Å²) in [6.45, 7) is 6.48. The monoisotopic (exact) mass is 306 g/mol. The van der Waals surface area contributed by atoms with Gasteiger partial charge in [-0.25, -0.2) is 0 Å². The number of hydrogen-bond donors (Lipinski definition) is 1. The Kier molecular flexibility index (Phi) is 5.03. The smallest absolute Gasteiger partial charge is 0.326 e. The average molecular weight is 306 g/mol. The molecule has 0 saturated heterocycles. The fourth-order valence-electron chi connectivity index (χ4n) is 2.34. The van der Waals surface area contributed by atoms with Crippen molar-refractivity contribution in [2.45, 2.75) is 26.3 Å². The van der Waals surface area contributed by atoms with E-state index in [1.54, 1.807) is 13.8 Å². The average Bonchev–Trinajstić information content (AvgIpc) is 2.48. The Morgan fingerprint density at radius 1 is 1.27 bits per heavy atom. The zero-order valence-electron chi connectivity index (χ0n) is 13.2. The molecule has 0 radical (unpaired) electrons. The van der Waals surface area contributed by atoms with Crippen molar-refractivity contribution in [2.75, 3.05) is 36.6 Å². The molecule has 22 heavy (non-hydrogen) atoms. The molecular weight excluding hydrogens is 284 g/mol. The number of nitrogens with one attached hydrogen (secondary N) is 1. The van der Waals surface area contributed by atoms with E-state index in [9.17, 15) is 9.59 Å². The molecule has 0 atom stereocenters. The summed E-state index contributed by atoms with van der Waals surface area (Å²) in [5, 5.41) is 3.19. The summed E-state index contributed by atoms with van der Waals surface area (Å²) in [6.07, 6.45) is 0. The van der Waals surface area contributed by atoms with E-state index in [1.165, 1.54) is 4.90 Å². The van der Waals surface area contributed by atoms with Gasteiger partial charge in [0.2, 0.25) is 0 Å². The van der Waals surface area contributed by atoms with Crippen LogP contribution >= 0.6 is 0 Å². The summed E-state index contributed by atoms with van der Waals surface area (Å²) in [5.41, 5.74) is 0.753. The lowest BCUT2D eigenvalue weighted by Crippen LogP contribution is -2.55. The molecule has 0 bridgehead atoms. The molecule has 1 aromatic carbocycles. The minimum atomic E-state index is -0.764. The number of carbonyl (C=O) groups is 2. The van der Waals surface area contributed by atoms with E-state index in [0.717, 1.165) is 5.69 Å². The van der Waals surface area contributed by atoms with Crippen molar-refractivity contribution in [3.63, 3.8) is 0 Å². The highest BCUT2D eigenvalue weighted by atomic mass is 16.6. The van der Waals surface area contributed by atoms with E-state index in [4.69, 9.17) is 9.47 Å². The topological polar surface area (TPSA) is 67.9 Å². The summed E-state index contributed by atoms with van der Waals surface area (Å²) in [5.74, 6) is -0.603. The highest BCUT2D eigenvalue weighted by Gasteiger charge is 2.39. The van der Waals surface area contributed by atoms with E-state index >= 15 is 0 Å². The van der Waals surface area contributed by atoms with Crippen LogP contribution in [0.4, 0.5) is 11.4 Å². The van der Waals surface area contributed by atoms with Crippen molar-refractivity contribution in [2.24, 2.45) is 0 Å². The van der Waals surface area contributed by atoms with E-state index in [-0.39, 0.29) is 19.1 Å². The molecule has 1 heterocycles. The van der Waals surface area contributed by atoms with Crippen molar-refractivity contribution >= 4 is 23.3 Å². The minimum Gasteiger partial charge on any atom is -0.462 e. The molecule has 0 fully saturated rings. The summed E-state index contributed by atoms with van der Waals surface area (Å²) >= 11 is 0. The van der Waals surface area contributed by atoms with E-state index in [2.05, 4.69) is 5.32 Å². The first-order valence-corrected chi connectivity index (χ1v) is 7.38. The third kappa shape index (κ3) is 3.57. The van der Waals surface area contributed by atoms with Crippen LogP contribution in [0.25, 0.3) is 0 Å². The maximum absolute atomic E-state index is 12.6. The quantitative estimate of drug-likeness (QED) is 0.641. The number of carbonyl (C=O) groups excluding carboxylic acids is 2. The Bertz CT molecular complexity index is 557. The molecule has 1 N–H and O–H groups in total. The first-order chi connectivity index (χ1) is 10.5. The van der Waals surface area contributed by atoms with Crippen molar-refractivity contribution < 1.29 is 19.1 Å². The number of benzene rings is 1. The molecule has 1 aliphatic rings. The normalized spacial score (nSPS) is 16.0. The Hall–Kier alpha value is -2.08. The number of para-hydroxylation sites is 2. The second-order valence-electron chi connectivity index (χ2n) is 5.58. The van der Waals surface area contributed by atoms with Crippen LogP contribution in [-0.2, 0) is 19.1 Å². The van der Waals surface area contributed by atoms with Gasteiger partial charge in [0.05, 0.1) is 18.0 Å². The van der Waals surface area contributed by atoms with Gasteiger partial charge in [0.15, 0.2) is 0 Å². The molecule has 0 spiro atoms. The van der Waals surface area contributed by atoms with Crippen LogP contribution in [0.1, 0.15) is 20.8 Å². The van der Waals surface area contributed by atoms with Gasteiger partial charge < -0.3 is 14.8 Å². The predicted molar refractivity (Wildman–Crippen MR) is 83.9 cm³/mol. The first kappa shape index (κ1) is 16.3. The number of hydrogen-bond acceptors (Lipinski definition) is 5. The Balaban J connectivity index is 2.08. The van der Waals surface area contributed by atoms with Crippen LogP contribution in [0.15, 0.2) is 24.3 Å². The van der Waals surface area contributed by atoms with E-state index < -0.39 is 11.5 Å². The fourth-order valence-corrected chi connectivity index (χ4v) is 2.34. The van der Waals surface area contributed by atoms with Gasteiger partial charge in [0.1, 0.15) is 18.7 Å². The molecule has 1 aliphatic heterocycles. The number of nitrogens with zero attached hydrogens (tertiary/aromatic N) is 1. The van der Waals surface area contributed by atoms with Crippen LogP contribution in [0, 0.1) is 0 Å². The number of rotatable bonds is 6. The second kappa shape index (κ2) is 6.79. The predicted octanol–water partition coefficient (Wildman–Crippen LogP) is 1.80. The minimum absolute atomic E-state index is 0.104. The Morgan fingerprint density at radius 2 is 2.00 bits per heavy atom. The van der Waals surface area contributed by atoms with Crippen molar-refractivity contribution in [3.8, 4) is 0 Å². The number of ether oxygens (including phenoxy) is 2. The van der Waals surface area contributed by atoms with Crippen molar-refractivity contribution in [1.82, 2.24) is 0 Å². The van der Waals surface area contributed by atoms with Gasteiger partial charge in [-0.3, -0.25) is 14.5 Å². The van der Waals surface area contributed by atoms with Gasteiger partial charge in [-0.15, -0.1) is 0 Å². The molecule has 1 aromatic rings. The number of amides is 1. The van der Waals surface area contributed by atoms with Crippen LogP contribution < -0.4 is 10.2 Å². The van der Waals surface area contributed by atoms with E-state index in [1.807, 2.05) is 31.2 Å². The van der Waals surface area contributed by atoms with Gasteiger partial charge in [-0.2, -0.15) is 0 Å². The van der Waals surface area contributed by atoms with Gasteiger partial charge in [-0.05, 0) is 32.9 Å². The van der Waals surface area contributed by atoms with Crippen LogP contribution in [0.5, 0.6) is 0 Å². The molecule has 6 nitrogen and oxygen atoms in total. The first-order valence-electron chi connectivity index (χ1n) is 7.38. The lowest BCUT2D eigenvalue weighted by molar-refractivity contribution is -0.144. The molecule has 0 unspecified atom stereocenters. The Labute approximate surface area is 130 Å². The van der Waals surface area contributed by atoms with Gasteiger partial charge in [-0.1, -0.05) is 12.1 Å². The van der Waals surface area contributed by atoms with Gasteiger partial charge in [0.25, 0.3) is 5.91 Å². The Morgan fingerprint density at radius 3 is 2.73 bits per heavy atom. The number of esters is 1. The largest absolute Gasteiger partial charge is 0.462 e. The van der Waals surface area contributed by atoms with Crippen LogP contribution in [-0.4, -0.2) is 43.8 Å². The van der Waals surface area contributed by atoms with Gasteiger partial charge in [0, 0.05) is 6.61 Å². The maximum atomic E-state index is 12.6. The number of anilines is 2. The molecule has 0 aliphatic carbocycles. The van der Waals surface area contributed by atoms with Gasteiger partial charge >= 0.3 is 5.97 Å². The van der Waals surface area contributed by atoms with Crippen molar-refractivity contribution in [3.05, 3.63) is 24.3 Å². The molecule has 120 valence electrons. The number of fused-ring (bicyclic) bond motifs is 1. The lowest BCUT2D eigenvalue weighted by atomic mass is 9.98. The third-order valence-corrected chi connectivity index (χ3v) is 3.40. The molecular formula is C16H22N2O4. The van der Waals surface area contributed by atoms with Crippen molar-refractivity contribution in [1.29, 1.82) is 0 Å². The van der Waals surface area contributed by atoms with Crippen LogP contribution in [0.2, 0.25) is 0 Å². The summed E-state index contributed by atoms with van der Waals surface area (Å²) in [4.78, 5) is 26.0. The summed E-state index contributed by atoms with van der Waals surface area (Å²) in [7, 11) is 0. The molecule has 0 saturated carbocycles. The third-order valence-electron chi connectivity index (χ3n) is 3.40.